The summed E-state index contributed by atoms with van der Waals surface area (Å²) in [6.45, 7) is 0. The van der Waals surface area contributed by atoms with Crippen molar-refractivity contribution in [2.45, 2.75) is 0 Å². The average molecular weight is 360 g/mol. The van der Waals surface area contributed by atoms with Gasteiger partial charge in [-0.25, -0.2) is 4.39 Å². The lowest BCUT2D eigenvalue weighted by Gasteiger charge is -2.08. The second-order valence-corrected chi connectivity index (χ2v) is 5.51. The molecule has 0 saturated heterocycles. The Hall–Kier alpha value is -4.05. The molecule has 0 saturated carbocycles. The highest BCUT2D eigenvalue weighted by atomic mass is 19.1. The van der Waals surface area contributed by atoms with Gasteiger partial charge in [0.1, 0.15) is 17.6 Å². The van der Waals surface area contributed by atoms with Gasteiger partial charge in [0.05, 0.1) is 11.3 Å². The number of para-hydroxylation sites is 1. The second-order valence-electron chi connectivity index (χ2n) is 5.51. The lowest BCUT2D eigenvalue weighted by Crippen LogP contribution is -2.17. The van der Waals surface area contributed by atoms with Gasteiger partial charge in [0.2, 0.25) is 0 Å². The molecule has 0 aliphatic heterocycles. The third-order valence-corrected chi connectivity index (χ3v) is 3.63. The summed E-state index contributed by atoms with van der Waals surface area (Å²) in [4.78, 5) is 28.7. The molecule has 2 amide bonds. The lowest BCUT2D eigenvalue weighted by atomic mass is 10.1. The predicted octanol–water partition coefficient (Wildman–Crippen LogP) is 3.60. The number of amides is 2. The van der Waals surface area contributed by atoms with Gasteiger partial charge in [0, 0.05) is 17.4 Å². The van der Waals surface area contributed by atoms with E-state index in [0.29, 0.717) is 16.9 Å². The molecule has 0 unspecified atom stereocenters. The number of aromatic nitrogens is 1. The van der Waals surface area contributed by atoms with E-state index in [0.717, 1.165) is 0 Å². The molecule has 3 rings (SSSR count). The van der Waals surface area contributed by atoms with Gasteiger partial charge in [0.15, 0.2) is 0 Å². The minimum atomic E-state index is -0.557. The Morgan fingerprint density at radius 3 is 2.56 bits per heavy atom. The predicted molar refractivity (Wildman–Crippen MR) is 97.7 cm³/mol. The van der Waals surface area contributed by atoms with Gasteiger partial charge in [0.25, 0.3) is 11.8 Å². The summed E-state index contributed by atoms with van der Waals surface area (Å²) in [5.41, 5.74) is 1.15. The highest BCUT2D eigenvalue weighted by Gasteiger charge is 2.14. The van der Waals surface area contributed by atoms with Gasteiger partial charge < -0.3 is 10.6 Å². The molecule has 0 bridgehead atoms. The number of nitriles is 1. The van der Waals surface area contributed by atoms with E-state index >= 15 is 0 Å². The summed E-state index contributed by atoms with van der Waals surface area (Å²) in [6.07, 6.45) is 1.33. The Bertz CT molecular complexity index is 1060. The molecule has 0 fully saturated rings. The van der Waals surface area contributed by atoms with Crippen molar-refractivity contribution in [3.8, 4) is 6.07 Å². The number of anilines is 2. The van der Waals surface area contributed by atoms with Crippen LogP contribution in [-0.4, -0.2) is 16.8 Å². The number of benzene rings is 2. The van der Waals surface area contributed by atoms with Crippen LogP contribution in [0.25, 0.3) is 0 Å². The molecule has 7 heteroatoms. The maximum absolute atomic E-state index is 13.2. The zero-order chi connectivity index (χ0) is 19.2. The number of carbonyl (C=O) groups is 2. The molecule has 0 radical (unpaired) electrons. The molecule has 2 N–H and O–H groups in total. The molecule has 0 aliphatic carbocycles. The number of carbonyl (C=O) groups excluding carboxylic acids is 2. The van der Waals surface area contributed by atoms with Gasteiger partial charge in [-0.2, -0.15) is 5.26 Å². The van der Waals surface area contributed by atoms with Gasteiger partial charge in [-0.1, -0.05) is 18.2 Å². The first-order valence-electron chi connectivity index (χ1n) is 7.90. The third-order valence-electron chi connectivity index (χ3n) is 3.63. The van der Waals surface area contributed by atoms with Crippen LogP contribution in [0.2, 0.25) is 0 Å². The average Bonchev–Trinajstić information content (AvgIpc) is 2.68. The number of halogens is 1. The van der Waals surface area contributed by atoms with Crippen molar-refractivity contribution in [3.05, 3.63) is 89.5 Å². The topological polar surface area (TPSA) is 94.9 Å². The zero-order valence-corrected chi connectivity index (χ0v) is 13.9. The molecule has 1 heterocycles. The normalized spacial score (nSPS) is 9.93. The Labute approximate surface area is 154 Å². The van der Waals surface area contributed by atoms with Crippen LogP contribution in [0.4, 0.5) is 15.8 Å². The van der Waals surface area contributed by atoms with E-state index in [1.165, 1.54) is 36.5 Å². The third kappa shape index (κ3) is 4.32. The first-order chi connectivity index (χ1) is 13.1. The smallest absolute Gasteiger partial charge is 0.274 e. The van der Waals surface area contributed by atoms with Gasteiger partial charge in [-0.05, 0) is 42.5 Å². The summed E-state index contributed by atoms with van der Waals surface area (Å²) in [6, 6.07) is 16.8. The lowest BCUT2D eigenvalue weighted by molar-refractivity contribution is 0.102. The molecule has 27 heavy (non-hydrogen) atoms. The van der Waals surface area contributed by atoms with Gasteiger partial charge in [-0.3, -0.25) is 14.6 Å². The van der Waals surface area contributed by atoms with E-state index in [1.54, 1.807) is 30.3 Å². The van der Waals surface area contributed by atoms with E-state index in [9.17, 15) is 14.0 Å². The number of rotatable bonds is 4. The zero-order valence-electron chi connectivity index (χ0n) is 13.9. The Morgan fingerprint density at radius 1 is 0.963 bits per heavy atom. The van der Waals surface area contributed by atoms with Crippen LogP contribution in [0.15, 0.2) is 66.9 Å². The summed E-state index contributed by atoms with van der Waals surface area (Å²) >= 11 is 0. The molecule has 132 valence electrons. The van der Waals surface area contributed by atoms with Crippen LogP contribution in [0.1, 0.15) is 26.4 Å². The van der Waals surface area contributed by atoms with Crippen LogP contribution in [0.5, 0.6) is 0 Å². The minimum Gasteiger partial charge on any atom is -0.322 e. The van der Waals surface area contributed by atoms with E-state index in [1.807, 2.05) is 6.07 Å². The summed E-state index contributed by atoms with van der Waals surface area (Å²) < 4.78 is 13.2. The SMILES string of the molecule is N#Cc1ccccc1NC(=O)c1cc(C(=O)Nc2cccc(F)c2)ccn1. The van der Waals surface area contributed by atoms with Crippen molar-refractivity contribution < 1.29 is 14.0 Å². The number of hydrogen-bond donors (Lipinski definition) is 2. The molecule has 3 aromatic rings. The number of nitrogens with zero attached hydrogens (tertiary/aromatic N) is 2. The first kappa shape index (κ1) is 17.8. The van der Waals surface area contributed by atoms with Crippen molar-refractivity contribution in [3.63, 3.8) is 0 Å². The largest absolute Gasteiger partial charge is 0.322 e. The van der Waals surface area contributed by atoms with Crippen molar-refractivity contribution in [1.29, 1.82) is 5.26 Å². The standard InChI is InChI=1S/C20H13FN4O2/c21-15-5-3-6-16(11-15)24-19(26)13-8-9-23-18(10-13)20(27)25-17-7-2-1-4-14(17)12-22/h1-11H,(H,24,26)(H,25,27). The van der Waals surface area contributed by atoms with Crippen LogP contribution in [0, 0.1) is 17.1 Å². The van der Waals surface area contributed by atoms with Crippen LogP contribution in [-0.2, 0) is 0 Å². The fourth-order valence-electron chi connectivity index (χ4n) is 2.34. The van der Waals surface area contributed by atoms with E-state index in [4.69, 9.17) is 5.26 Å². The maximum Gasteiger partial charge on any atom is 0.274 e. The number of nitrogens with one attached hydrogen (secondary N) is 2. The summed E-state index contributed by atoms with van der Waals surface area (Å²) in [5, 5.41) is 14.2. The molecule has 6 nitrogen and oxygen atoms in total. The highest BCUT2D eigenvalue weighted by molar-refractivity contribution is 6.08. The molecular weight excluding hydrogens is 347 g/mol. The molecular formula is C20H13FN4O2. The first-order valence-corrected chi connectivity index (χ1v) is 7.90. The monoisotopic (exact) mass is 360 g/mol. The Morgan fingerprint density at radius 2 is 1.78 bits per heavy atom. The number of pyridine rings is 1. The minimum absolute atomic E-state index is 0.00892. The van der Waals surface area contributed by atoms with Crippen molar-refractivity contribution in [1.82, 2.24) is 4.98 Å². The van der Waals surface area contributed by atoms with Crippen molar-refractivity contribution >= 4 is 23.2 Å². The van der Waals surface area contributed by atoms with Crippen LogP contribution >= 0.6 is 0 Å². The Kier molecular flexibility index (Phi) is 5.19. The molecule has 0 spiro atoms. The van der Waals surface area contributed by atoms with Crippen LogP contribution in [0.3, 0.4) is 0 Å². The highest BCUT2D eigenvalue weighted by Crippen LogP contribution is 2.15. The summed E-state index contributed by atoms with van der Waals surface area (Å²) in [5.74, 6) is -1.54. The van der Waals surface area contributed by atoms with E-state index in [-0.39, 0.29) is 11.3 Å². The molecule has 2 aromatic carbocycles. The van der Waals surface area contributed by atoms with Crippen molar-refractivity contribution in [2.75, 3.05) is 10.6 Å². The fraction of sp³-hybridized carbons (Fsp3) is 0. The second kappa shape index (κ2) is 7.89. The molecule has 0 aliphatic rings. The molecule has 0 atom stereocenters. The number of hydrogen-bond acceptors (Lipinski definition) is 4. The fourth-order valence-corrected chi connectivity index (χ4v) is 2.34. The quantitative estimate of drug-likeness (QED) is 0.743. The van der Waals surface area contributed by atoms with Crippen molar-refractivity contribution in [2.24, 2.45) is 0 Å². The maximum atomic E-state index is 13.2. The van der Waals surface area contributed by atoms with E-state index in [2.05, 4.69) is 15.6 Å². The Balaban J connectivity index is 1.77. The van der Waals surface area contributed by atoms with Gasteiger partial charge in [-0.15, -0.1) is 0 Å². The molecule has 1 aromatic heterocycles. The van der Waals surface area contributed by atoms with E-state index < -0.39 is 17.6 Å². The van der Waals surface area contributed by atoms with Crippen LogP contribution < -0.4 is 10.6 Å². The summed E-state index contributed by atoms with van der Waals surface area (Å²) in [7, 11) is 0. The van der Waals surface area contributed by atoms with Gasteiger partial charge >= 0.3 is 0 Å².